The van der Waals surface area contributed by atoms with E-state index >= 15 is 0 Å². The first-order valence-electron chi connectivity index (χ1n) is 12.8. The maximum atomic E-state index is 13.7. The molecule has 3 aromatic carbocycles. The summed E-state index contributed by atoms with van der Waals surface area (Å²) in [5, 5.41) is 1.16. The summed E-state index contributed by atoms with van der Waals surface area (Å²) in [6.07, 6.45) is 0.619. The lowest BCUT2D eigenvalue weighted by molar-refractivity contribution is -0.121. The molecule has 0 atom stereocenters. The molecular formula is C31H25NO10. The Morgan fingerprint density at radius 3 is 2.10 bits per heavy atom. The van der Waals surface area contributed by atoms with Crippen molar-refractivity contribution in [3.63, 3.8) is 0 Å². The second kappa shape index (κ2) is 10.5. The van der Waals surface area contributed by atoms with Gasteiger partial charge in [0.15, 0.2) is 34.5 Å². The fourth-order valence-corrected chi connectivity index (χ4v) is 5.70. The first kappa shape index (κ1) is 26.8. The topological polar surface area (TPSA) is 125 Å². The van der Waals surface area contributed by atoms with E-state index in [0.29, 0.717) is 64.1 Å². The number of carbonyl (C=O) groups is 2. The molecule has 3 heterocycles. The van der Waals surface area contributed by atoms with Crippen molar-refractivity contribution in [2.24, 2.45) is 0 Å². The normalized spacial score (nSPS) is 11.9. The first-order chi connectivity index (χ1) is 20.5. The highest BCUT2D eigenvalue weighted by Crippen LogP contribution is 2.50. The van der Waals surface area contributed by atoms with Crippen LogP contribution >= 0.6 is 0 Å². The molecule has 0 fully saturated rings. The van der Waals surface area contributed by atoms with Gasteiger partial charge in [-0.2, -0.15) is 0 Å². The largest absolute Gasteiger partial charge is 0.493 e. The lowest BCUT2D eigenvalue weighted by Crippen LogP contribution is -2.15. The molecule has 0 aliphatic carbocycles. The minimum atomic E-state index is -0.566. The average Bonchev–Trinajstić information content (AvgIpc) is 3.37. The number of methoxy groups -OCH3 is 4. The van der Waals surface area contributed by atoms with Gasteiger partial charge in [0.05, 0.1) is 34.1 Å². The summed E-state index contributed by atoms with van der Waals surface area (Å²) in [6.45, 7) is 1.08. The van der Waals surface area contributed by atoms with Crippen molar-refractivity contribution >= 4 is 34.8 Å². The van der Waals surface area contributed by atoms with Crippen LogP contribution in [0.3, 0.4) is 0 Å². The molecule has 0 radical (unpaired) electrons. The number of ether oxygens (including phenoxy) is 6. The molecule has 11 nitrogen and oxygen atoms in total. The molecule has 0 amide bonds. The van der Waals surface area contributed by atoms with E-state index in [1.807, 2.05) is 16.7 Å². The number of carbonyl (C=O) groups excluding carboxylic acids is 2. The van der Waals surface area contributed by atoms with Gasteiger partial charge >= 0.3 is 5.63 Å². The predicted octanol–water partition coefficient (Wildman–Crippen LogP) is 4.74. The van der Waals surface area contributed by atoms with E-state index in [2.05, 4.69) is 0 Å². The summed E-state index contributed by atoms with van der Waals surface area (Å²) < 4.78 is 40.2. The van der Waals surface area contributed by atoms with Crippen LogP contribution in [0, 0.1) is 0 Å². The summed E-state index contributed by atoms with van der Waals surface area (Å²) in [7, 11) is 6.07. The van der Waals surface area contributed by atoms with Crippen LogP contribution in [0.4, 0.5) is 0 Å². The Balaban J connectivity index is 1.80. The lowest BCUT2D eigenvalue weighted by atomic mass is 9.91. The molecule has 1 aliphatic rings. The number of rotatable bonds is 9. The van der Waals surface area contributed by atoms with Gasteiger partial charge in [0.1, 0.15) is 11.1 Å². The first-order valence-corrected chi connectivity index (χ1v) is 12.8. The standard InChI is InChI=1S/C31H25NO10/c1-36-22-10-17(5-6-20(22)40-14-33)27-28-19-12-25(39-4)26(41-15-34)13-21(19)42-31(35)30(28)32-8-7-16-9-23(37-2)24(38-3)11-18(16)29(27)32/h5-6,9-15H,7-8H2,1-4H3. The number of benzene rings is 3. The van der Waals surface area contributed by atoms with E-state index < -0.39 is 5.63 Å². The molecule has 2 aromatic heterocycles. The molecule has 42 heavy (non-hydrogen) atoms. The molecule has 1 aliphatic heterocycles. The fraction of sp³-hybridized carbons (Fsp3) is 0.194. The molecule has 11 heteroatoms. The summed E-state index contributed by atoms with van der Waals surface area (Å²) in [4.78, 5) is 35.9. The molecule has 0 unspecified atom stereocenters. The Hall–Kier alpha value is -5.45. The Bertz CT molecular complexity index is 1950. The van der Waals surface area contributed by atoms with Crippen molar-refractivity contribution in [2.75, 3.05) is 28.4 Å². The van der Waals surface area contributed by atoms with E-state index in [4.69, 9.17) is 32.8 Å². The van der Waals surface area contributed by atoms with E-state index in [1.165, 1.54) is 20.3 Å². The van der Waals surface area contributed by atoms with Crippen molar-refractivity contribution in [3.8, 4) is 56.9 Å². The van der Waals surface area contributed by atoms with Gasteiger partial charge < -0.3 is 37.4 Å². The van der Waals surface area contributed by atoms with Crippen LogP contribution in [-0.2, 0) is 22.6 Å². The number of aromatic nitrogens is 1. The van der Waals surface area contributed by atoms with Crippen LogP contribution in [0.15, 0.2) is 51.7 Å². The van der Waals surface area contributed by atoms with Crippen LogP contribution in [0.5, 0.6) is 34.5 Å². The Morgan fingerprint density at radius 1 is 0.762 bits per heavy atom. The monoisotopic (exact) mass is 571 g/mol. The van der Waals surface area contributed by atoms with Crippen LogP contribution in [0.1, 0.15) is 5.56 Å². The third kappa shape index (κ3) is 4.00. The van der Waals surface area contributed by atoms with Gasteiger partial charge in [-0.1, -0.05) is 6.07 Å². The highest BCUT2D eigenvalue weighted by atomic mass is 16.5. The number of hydrogen-bond donors (Lipinski definition) is 0. The van der Waals surface area contributed by atoms with Crippen LogP contribution < -0.4 is 34.0 Å². The van der Waals surface area contributed by atoms with Gasteiger partial charge in [-0.25, -0.2) is 4.79 Å². The summed E-state index contributed by atoms with van der Waals surface area (Å²) in [5.74, 6) is 2.06. The molecule has 0 saturated carbocycles. The van der Waals surface area contributed by atoms with Crippen LogP contribution in [0.2, 0.25) is 0 Å². The zero-order chi connectivity index (χ0) is 29.5. The zero-order valence-electron chi connectivity index (χ0n) is 23.1. The maximum absolute atomic E-state index is 13.7. The van der Waals surface area contributed by atoms with Crippen LogP contribution in [-0.4, -0.2) is 46.0 Å². The molecule has 6 rings (SSSR count). The molecule has 0 spiro atoms. The third-order valence-electron chi connectivity index (χ3n) is 7.47. The summed E-state index contributed by atoms with van der Waals surface area (Å²) in [6, 6.07) is 12.1. The molecule has 0 N–H and O–H groups in total. The molecule has 0 saturated heterocycles. The minimum Gasteiger partial charge on any atom is -0.493 e. The maximum Gasteiger partial charge on any atom is 0.361 e. The van der Waals surface area contributed by atoms with Crippen molar-refractivity contribution < 1.29 is 42.4 Å². The zero-order valence-corrected chi connectivity index (χ0v) is 23.1. The predicted molar refractivity (Wildman–Crippen MR) is 152 cm³/mol. The minimum absolute atomic E-state index is 0.104. The van der Waals surface area contributed by atoms with E-state index in [1.54, 1.807) is 38.5 Å². The SMILES string of the molecule is COc1cc2c(cc1OC)-c1c(-c3ccc(OC=O)c(OC)c3)c3c4cc(OC)c(OC=O)cc4oc(=O)c3n1CC2. The molecule has 214 valence electrons. The van der Waals surface area contributed by atoms with Crippen molar-refractivity contribution in [2.45, 2.75) is 13.0 Å². The molecule has 0 bridgehead atoms. The smallest absolute Gasteiger partial charge is 0.361 e. The summed E-state index contributed by atoms with van der Waals surface area (Å²) >= 11 is 0. The average molecular weight is 572 g/mol. The number of fused-ring (bicyclic) bond motifs is 7. The molecule has 5 aromatic rings. The van der Waals surface area contributed by atoms with Crippen molar-refractivity contribution in [1.82, 2.24) is 4.57 Å². The second-order valence-corrected chi connectivity index (χ2v) is 9.40. The third-order valence-corrected chi connectivity index (χ3v) is 7.47. The Labute approximate surface area is 238 Å². The van der Waals surface area contributed by atoms with Gasteiger partial charge in [0.25, 0.3) is 12.9 Å². The highest BCUT2D eigenvalue weighted by molar-refractivity contribution is 6.17. The number of nitrogens with zero attached hydrogens (tertiary/aromatic N) is 1. The van der Waals surface area contributed by atoms with E-state index in [9.17, 15) is 14.4 Å². The second-order valence-electron chi connectivity index (χ2n) is 9.40. The molecular weight excluding hydrogens is 546 g/mol. The van der Waals surface area contributed by atoms with Gasteiger partial charge in [0.2, 0.25) is 0 Å². The van der Waals surface area contributed by atoms with Gasteiger partial charge in [0, 0.05) is 34.5 Å². The van der Waals surface area contributed by atoms with Gasteiger partial charge in [-0.05, 0) is 47.9 Å². The van der Waals surface area contributed by atoms with E-state index in [-0.39, 0.29) is 29.3 Å². The quantitative estimate of drug-likeness (QED) is 0.181. The highest BCUT2D eigenvalue weighted by Gasteiger charge is 2.31. The van der Waals surface area contributed by atoms with Crippen molar-refractivity contribution in [1.29, 1.82) is 0 Å². The lowest BCUT2D eigenvalue weighted by Gasteiger charge is -2.23. The summed E-state index contributed by atoms with van der Waals surface area (Å²) in [5.41, 5.74) is 3.99. The van der Waals surface area contributed by atoms with Crippen molar-refractivity contribution in [3.05, 3.63) is 58.4 Å². The Kier molecular flexibility index (Phi) is 6.69. The number of aryl methyl sites for hydroxylation is 2. The number of hydrogen-bond acceptors (Lipinski definition) is 10. The van der Waals surface area contributed by atoms with E-state index in [0.717, 1.165) is 16.8 Å². The van der Waals surface area contributed by atoms with Crippen LogP contribution in [0.25, 0.3) is 44.3 Å². The Morgan fingerprint density at radius 2 is 1.40 bits per heavy atom. The fourth-order valence-electron chi connectivity index (χ4n) is 5.70. The van der Waals surface area contributed by atoms with Gasteiger partial charge in [-0.3, -0.25) is 9.59 Å². The van der Waals surface area contributed by atoms with Gasteiger partial charge in [-0.15, -0.1) is 0 Å².